The van der Waals surface area contributed by atoms with E-state index in [2.05, 4.69) is 32.8 Å². The number of aliphatic hydroxyl groups excluding tert-OH is 1. The van der Waals surface area contributed by atoms with Crippen LogP contribution in [0.3, 0.4) is 0 Å². The summed E-state index contributed by atoms with van der Waals surface area (Å²) in [6.45, 7) is 5.39. The Balaban J connectivity index is 3.53. The Hall–Kier alpha value is -0.0800. The number of aliphatic hydroxyl groups is 1. The molecule has 1 N–H and O–H groups in total. The lowest BCUT2D eigenvalue weighted by Crippen LogP contribution is -2.21. The van der Waals surface area contributed by atoms with Gasteiger partial charge < -0.3 is 10.0 Å². The summed E-state index contributed by atoms with van der Waals surface area (Å²) in [5.74, 6) is 0.502. The zero-order chi connectivity index (χ0) is 10.3. The quantitative estimate of drug-likeness (QED) is 0.660. The molecule has 0 rings (SSSR count). The van der Waals surface area contributed by atoms with E-state index in [9.17, 15) is 5.11 Å². The van der Waals surface area contributed by atoms with Crippen LogP contribution >= 0.6 is 0 Å². The molecule has 0 aliphatic rings. The van der Waals surface area contributed by atoms with Gasteiger partial charge in [-0.15, -0.1) is 0 Å². The Bertz CT molecular complexity index is 111. The Morgan fingerprint density at radius 1 is 1.15 bits per heavy atom. The summed E-state index contributed by atoms with van der Waals surface area (Å²) in [7, 11) is 4.15. The van der Waals surface area contributed by atoms with Gasteiger partial charge in [0.05, 0.1) is 6.10 Å². The van der Waals surface area contributed by atoms with E-state index < -0.39 is 0 Å². The maximum absolute atomic E-state index is 9.80. The van der Waals surface area contributed by atoms with Crippen LogP contribution in [0, 0.1) is 5.92 Å². The van der Waals surface area contributed by atoms with E-state index in [1.165, 1.54) is 0 Å². The molecule has 0 saturated heterocycles. The number of hydrogen-bond donors (Lipinski definition) is 1. The Kier molecular flexibility index (Phi) is 7.29. The van der Waals surface area contributed by atoms with Gasteiger partial charge in [-0.3, -0.25) is 0 Å². The van der Waals surface area contributed by atoms with Gasteiger partial charge in [-0.1, -0.05) is 26.7 Å². The van der Waals surface area contributed by atoms with Gasteiger partial charge in [0.1, 0.15) is 0 Å². The van der Waals surface area contributed by atoms with Crippen molar-refractivity contribution in [3.63, 3.8) is 0 Å². The Morgan fingerprint density at radius 3 is 2.08 bits per heavy atom. The van der Waals surface area contributed by atoms with Crippen molar-refractivity contribution in [2.45, 2.75) is 45.6 Å². The van der Waals surface area contributed by atoms with Crippen molar-refractivity contribution in [2.24, 2.45) is 5.92 Å². The van der Waals surface area contributed by atoms with Gasteiger partial charge in [0.25, 0.3) is 0 Å². The fourth-order valence-corrected chi connectivity index (χ4v) is 1.69. The summed E-state index contributed by atoms with van der Waals surface area (Å²) in [6.07, 6.45) is 4.16. The topological polar surface area (TPSA) is 23.5 Å². The summed E-state index contributed by atoms with van der Waals surface area (Å²) in [6, 6.07) is 0. The molecule has 0 aromatic heterocycles. The molecule has 13 heavy (non-hydrogen) atoms. The molecular formula is C11H25NO. The van der Waals surface area contributed by atoms with E-state index in [0.29, 0.717) is 5.92 Å². The fraction of sp³-hybridized carbons (Fsp3) is 1.00. The van der Waals surface area contributed by atoms with Crippen molar-refractivity contribution >= 4 is 0 Å². The lowest BCUT2D eigenvalue weighted by molar-refractivity contribution is 0.0900. The van der Waals surface area contributed by atoms with Crippen molar-refractivity contribution in [2.75, 3.05) is 20.6 Å². The standard InChI is InChI=1S/C11H25NO/c1-5-10(6-2)11(13)8-7-9-12(3)4/h10-11,13H,5-9H2,1-4H3/t11-/m1/s1. The second kappa shape index (κ2) is 7.34. The highest BCUT2D eigenvalue weighted by Gasteiger charge is 2.14. The minimum Gasteiger partial charge on any atom is -0.393 e. The molecule has 0 saturated carbocycles. The van der Waals surface area contributed by atoms with E-state index in [1.807, 2.05) is 0 Å². The third-order valence-corrected chi connectivity index (χ3v) is 2.70. The van der Waals surface area contributed by atoms with Gasteiger partial charge in [-0.2, -0.15) is 0 Å². The number of rotatable bonds is 7. The molecule has 0 aromatic rings. The molecule has 1 atom stereocenters. The number of nitrogens with zero attached hydrogens (tertiary/aromatic N) is 1. The largest absolute Gasteiger partial charge is 0.393 e. The van der Waals surface area contributed by atoms with E-state index in [1.54, 1.807) is 0 Å². The first-order valence-electron chi connectivity index (χ1n) is 5.44. The summed E-state index contributed by atoms with van der Waals surface area (Å²) in [5.41, 5.74) is 0. The fourth-order valence-electron chi connectivity index (χ4n) is 1.69. The molecule has 0 aliphatic heterocycles. The first-order valence-corrected chi connectivity index (χ1v) is 5.44. The van der Waals surface area contributed by atoms with Gasteiger partial charge >= 0.3 is 0 Å². The van der Waals surface area contributed by atoms with Crippen LogP contribution in [0.4, 0.5) is 0 Å². The Labute approximate surface area is 82.9 Å². The lowest BCUT2D eigenvalue weighted by Gasteiger charge is -2.20. The van der Waals surface area contributed by atoms with E-state index >= 15 is 0 Å². The van der Waals surface area contributed by atoms with Crippen LogP contribution in [0.15, 0.2) is 0 Å². The van der Waals surface area contributed by atoms with Crippen molar-refractivity contribution in [3.8, 4) is 0 Å². The summed E-state index contributed by atoms with van der Waals surface area (Å²) >= 11 is 0. The summed E-state index contributed by atoms with van der Waals surface area (Å²) < 4.78 is 0. The average Bonchev–Trinajstić information content (AvgIpc) is 2.05. The molecule has 2 nitrogen and oxygen atoms in total. The van der Waals surface area contributed by atoms with Gasteiger partial charge in [-0.05, 0) is 39.4 Å². The maximum atomic E-state index is 9.80. The van der Waals surface area contributed by atoms with Crippen molar-refractivity contribution in [1.29, 1.82) is 0 Å². The van der Waals surface area contributed by atoms with E-state index in [0.717, 1.165) is 32.2 Å². The molecule has 0 fully saturated rings. The van der Waals surface area contributed by atoms with Gasteiger partial charge in [0.15, 0.2) is 0 Å². The van der Waals surface area contributed by atoms with Crippen molar-refractivity contribution in [1.82, 2.24) is 4.90 Å². The minimum atomic E-state index is -0.0880. The molecule has 0 radical (unpaired) electrons. The predicted octanol–water partition coefficient (Wildman–Crippen LogP) is 2.13. The molecular weight excluding hydrogens is 162 g/mol. The first-order chi connectivity index (χ1) is 6.11. The van der Waals surface area contributed by atoms with Crippen molar-refractivity contribution in [3.05, 3.63) is 0 Å². The monoisotopic (exact) mass is 187 g/mol. The third kappa shape index (κ3) is 6.05. The highest BCUT2D eigenvalue weighted by atomic mass is 16.3. The molecule has 0 bridgehead atoms. The van der Waals surface area contributed by atoms with E-state index in [4.69, 9.17) is 0 Å². The van der Waals surface area contributed by atoms with Crippen LogP contribution in [-0.4, -0.2) is 36.8 Å². The van der Waals surface area contributed by atoms with Crippen LogP contribution in [0.2, 0.25) is 0 Å². The van der Waals surface area contributed by atoms with Crippen LogP contribution in [0.5, 0.6) is 0 Å². The van der Waals surface area contributed by atoms with Crippen LogP contribution in [0.25, 0.3) is 0 Å². The normalized spacial score (nSPS) is 14.1. The predicted molar refractivity (Wildman–Crippen MR) is 57.9 cm³/mol. The number of hydrogen-bond acceptors (Lipinski definition) is 2. The molecule has 0 spiro atoms. The zero-order valence-corrected chi connectivity index (χ0v) is 9.58. The van der Waals surface area contributed by atoms with E-state index in [-0.39, 0.29) is 6.10 Å². The lowest BCUT2D eigenvalue weighted by atomic mass is 9.93. The van der Waals surface area contributed by atoms with Gasteiger partial charge in [-0.25, -0.2) is 0 Å². The molecule has 0 aliphatic carbocycles. The summed E-state index contributed by atoms with van der Waals surface area (Å²) in [4.78, 5) is 2.17. The average molecular weight is 187 g/mol. The molecule has 0 heterocycles. The van der Waals surface area contributed by atoms with Gasteiger partial charge in [0, 0.05) is 0 Å². The smallest absolute Gasteiger partial charge is 0.0568 e. The van der Waals surface area contributed by atoms with Crippen LogP contribution < -0.4 is 0 Å². The maximum Gasteiger partial charge on any atom is 0.0568 e. The van der Waals surface area contributed by atoms with Crippen molar-refractivity contribution < 1.29 is 5.11 Å². The highest BCUT2D eigenvalue weighted by Crippen LogP contribution is 2.16. The molecule has 80 valence electrons. The Morgan fingerprint density at radius 2 is 1.69 bits per heavy atom. The third-order valence-electron chi connectivity index (χ3n) is 2.70. The zero-order valence-electron chi connectivity index (χ0n) is 9.58. The molecule has 0 amide bonds. The first kappa shape index (κ1) is 12.9. The summed E-state index contributed by atoms with van der Waals surface area (Å²) in [5, 5.41) is 9.80. The van der Waals surface area contributed by atoms with Crippen LogP contribution in [-0.2, 0) is 0 Å². The molecule has 2 heteroatoms. The highest BCUT2D eigenvalue weighted by molar-refractivity contribution is 4.66. The van der Waals surface area contributed by atoms with Gasteiger partial charge in [0.2, 0.25) is 0 Å². The second-order valence-electron chi connectivity index (χ2n) is 4.09. The second-order valence-corrected chi connectivity index (χ2v) is 4.09. The minimum absolute atomic E-state index is 0.0880. The molecule has 0 unspecified atom stereocenters. The SMILES string of the molecule is CCC(CC)[C@H](O)CCCN(C)C. The molecule has 0 aromatic carbocycles. The van der Waals surface area contributed by atoms with Crippen LogP contribution in [0.1, 0.15) is 39.5 Å².